The average molecular weight is 364 g/mol. The first-order valence-corrected chi connectivity index (χ1v) is 8.99. The van der Waals surface area contributed by atoms with Crippen LogP contribution in [0.2, 0.25) is 0 Å². The van der Waals surface area contributed by atoms with Gasteiger partial charge in [-0.25, -0.2) is 4.98 Å². The van der Waals surface area contributed by atoms with Crippen molar-refractivity contribution in [1.29, 1.82) is 0 Å². The summed E-state index contributed by atoms with van der Waals surface area (Å²) in [6, 6.07) is 13.7. The second-order valence-electron chi connectivity index (χ2n) is 5.64. The predicted octanol–water partition coefficient (Wildman–Crippen LogP) is 4.60. The van der Waals surface area contributed by atoms with Gasteiger partial charge in [-0.3, -0.25) is 4.57 Å². The average Bonchev–Trinajstić information content (AvgIpc) is 3.00. The molecule has 0 aliphatic heterocycles. The highest BCUT2D eigenvalue weighted by molar-refractivity contribution is 7.90. The van der Waals surface area contributed by atoms with Crippen molar-refractivity contribution in [1.82, 2.24) is 9.55 Å². The molecule has 1 aromatic heterocycles. The molecule has 0 bridgehead atoms. The lowest BCUT2D eigenvalue weighted by Gasteiger charge is -2.10. The maximum Gasteiger partial charge on any atom is 0.434 e. The number of benzene rings is 2. The minimum atomic E-state index is -4.53. The molecule has 25 heavy (non-hydrogen) atoms. The molecule has 0 aliphatic rings. The van der Waals surface area contributed by atoms with E-state index in [2.05, 4.69) is 4.98 Å². The minimum Gasteiger partial charge on any atom is -0.612 e. The summed E-state index contributed by atoms with van der Waals surface area (Å²) < 4.78 is 52.3. The number of aromatic nitrogens is 2. The number of hydrogen-bond acceptors (Lipinski definition) is 2. The van der Waals surface area contributed by atoms with Crippen LogP contribution in [0, 0.1) is 6.92 Å². The van der Waals surface area contributed by atoms with Gasteiger partial charge in [0, 0.05) is 17.4 Å². The zero-order valence-corrected chi connectivity index (χ0v) is 14.4. The largest absolute Gasteiger partial charge is 0.612 e. The van der Waals surface area contributed by atoms with E-state index in [0.29, 0.717) is 16.1 Å². The summed E-state index contributed by atoms with van der Waals surface area (Å²) in [5, 5.41) is 0. The summed E-state index contributed by atoms with van der Waals surface area (Å²) in [6.45, 7) is 1.87. The zero-order chi connectivity index (χ0) is 18.2. The first-order chi connectivity index (χ1) is 11.8. The molecule has 2 aromatic carbocycles. The van der Waals surface area contributed by atoms with Gasteiger partial charge in [0.2, 0.25) is 0 Å². The molecule has 1 atom stereocenters. The number of hydrogen-bond donors (Lipinski definition) is 0. The SMILES string of the molecule is Cc1cccc(-c2nc(C(F)(F)F)cn2-c2ccc([S+](C)[O-])cc2)c1. The second kappa shape index (κ2) is 6.57. The Morgan fingerprint density at radius 3 is 2.32 bits per heavy atom. The highest BCUT2D eigenvalue weighted by Crippen LogP contribution is 2.33. The van der Waals surface area contributed by atoms with Crippen LogP contribution in [-0.4, -0.2) is 20.4 Å². The fourth-order valence-corrected chi connectivity index (χ4v) is 3.02. The zero-order valence-electron chi connectivity index (χ0n) is 13.5. The van der Waals surface area contributed by atoms with Crippen LogP contribution in [-0.2, 0) is 17.4 Å². The van der Waals surface area contributed by atoms with Gasteiger partial charge in [-0.05, 0) is 48.4 Å². The third kappa shape index (κ3) is 3.72. The van der Waals surface area contributed by atoms with Crippen LogP contribution in [0.1, 0.15) is 11.3 Å². The Morgan fingerprint density at radius 1 is 1.08 bits per heavy atom. The van der Waals surface area contributed by atoms with Crippen molar-refractivity contribution in [2.75, 3.05) is 6.26 Å². The highest BCUT2D eigenvalue weighted by atomic mass is 32.2. The maximum atomic E-state index is 13.1. The third-order valence-electron chi connectivity index (χ3n) is 3.72. The van der Waals surface area contributed by atoms with Crippen LogP contribution in [0.25, 0.3) is 17.1 Å². The predicted molar refractivity (Wildman–Crippen MR) is 91.1 cm³/mol. The van der Waals surface area contributed by atoms with Crippen LogP contribution in [0.4, 0.5) is 13.2 Å². The fraction of sp³-hybridized carbons (Fsp3) is 0.167. The Bertz CT molecular complexity index is 886. The number of imidazole rings is 1. The van der Waals surface area contributed by atoms with Crippen molar-refractivity contribution in [3.05, 3.63) is 66.0 Å². The van der Waals surface area contributed by atoms with Gasteiger partial charge in [0.05, 0.1) is 0 Å². The summed E-state index contributed by atoms with van der Waals surface area (Å²) in [5.74, 6) is 0.210. The molecule has 3 rings (SSSR count). The monoisotopic (exact) mass is 364 g/mol. The lowest BCUT2D eigenvalue weighted by atomic mass is 10.1. The first kappa shape index (κ1) is 17.6. The van der Waals surface area contributed by atoms with Crippen molar-refractivity contribution >= 4 is 11.2 Å². The molecule has 1 unspecified atom stereocenters. The Kier molecular flexibility index (Phi) is 4.62. The molecule has 0 N–H and O–H groups in total. The van der Waals surface area contributed by atoms with Crippen LogP contribution in [0.5, 0.6) is 0 Å². The molecule has 3 nitrogen and oxygen atoms in total. The van der Waals surface area contributed by atoms with Crippen molar-refractivity contribution in [3.8, 4) is 17.1 Å². The minimum absolute atomic E-state index is 0.210. The van der Waals surface area contributed by atoms with E-state index in [1.807, 2.05) is 13.0 Å². The number of rotatable bonds is 3. The van der Waals surface area contributed by atoms with Crippen LogP contribution >= 0.6 is 0 Å². The topological polar surface area (TPSA) is 40.9 Å². The van der Waals surface area contributed by atoms with Crippen molar-refractivity contribution in [2.45, 2.75) is 18.0 Å². The van der Waals surface area contributed by atoms with E-state index in [4.69, 9.17) is 0 Å². The summed E-state index contributed by atoms with van der Waals surface area (Å²) in [5.41, 5.74) is 1.09. The molecule has 0 aliphatic carbocycles. The van der Waals surface area contributed by atoms with Gasteiger partial charge in [-0.15, -0.1) is 0 Å². The molecule has 130 valence electrons. The fourth-order valence-electron chi connectivity index (χ4n) is 2.50. The van der Waals surface area contributed by atoms with E-state index in [1.165, 1.54) is 4.57 Å². The molecule has 1 heterocycles. The van der Waals surface area contributed by atoms with Gasteiger partial charge < -0.3 is 4.55 Å². The van der Waals surface area contributed by atoms with Gasteiger partial charge in [0.25, 0.3) is 0 Å². The Balaban J connectivity index is 2.15. The molecule has 0 radical (unpaired) electrons. The molecule has 0 amide bonds. The van der Waals surface area contributed by atoms with E-state index in [-0.39, 0.29) is 5.82 Å². The molecule has 0 saturated carbocycles. The smallest absolute Gasteiger partial charge is 0.434 e. The Morgan fingerprint density at radius 2 is 1.76 bits per heavy atom. The van der Waals surface area contributed by atoms with E-state index in [0.717, 1.165) is 11.8 Å². The van der Waals surface area contributed by atoms with E-state index in [1.54, 1.807) is 48.7 Å². The van der Waals surface area contributed by atoms with Gasteiger partial charge in [0.1, 0.15) is 12.1 Å². The quantitative estimate of drug-likeness (QED) is 0.637. The molecule has 0 saturated heterocycles. The normalized spacial score (nSPS) is 13.0. The first-order valence-electron chi connectivity index (χ1n) is 7.43. The van der Waals surface area contributed by atoms with E-state index in [9.17, 15) is 17.7 Å². The summed E-state index contributed by atoms with van der Waals surface area (Å²) >= 11 is -1.15. The molecule has 0 fully saturated rings. The lowest BCUT2D eigenvalue weighted by Crippen LogP contribution is -2.05. The van der Waals surface area contributed by atoms with Crippen LogP contribution in [0.3, 0.4) is 0 Å². The van der Waals surface area contributed by atoms with Crippen molar-refractivity contribution in [3.63, 3.8) is 0 Å². The molecule has 7 heteroatoms. The molecule has 0 spiro atoms. The van der Waals surface area contributed by atoms with Gasteiger partial charge >= 0.3 is 6.18 Å². The van der Waals surface area contributed by atoms with E-state index >= 15 is 0 Å². The molecular formula is C18H15F3N2OS. The van der Waals surface area contributed by atoms with Gasteiger partial charge in [0.15, 0.2) is 10.6 Å². The lowest BCUT2D eigenvalue weighted by molar-refractivity contribution is -0.140. The van der Waals surface area contributed by atoms with Crippen LogP contribution < -0.4 is 0 Å². The summed E-state index contributed by atoms with van der Waals surface area (Å²) in [7, 11) is 0. The number of halogens is 3. The molecular weight excluding hydrogens is 349 g/mol. The number of alkyl halides is 3. The standard InChI is InChI=1S/C18H15F3N2OS/c1-12-4-3-5-13(10-12)17-22-16(18(19,20)21)11-23(17)14-6-8-15(9-7-14)25(2)24/h3-11H,1-2H3. The number of nitrogens with zero attached hydrogens (tertiary/aromatic N) is 2. The van der Waals surface area contributed by atoms with Crippen molar-refractivity contribution < 1.29 is 17.7 Å². The Labute approximate surface area is 146 Å². The molecule has 3 aromatic rings. The summed E-state index contributed by atoms with van der Waals surface area (Å²) in [6.07, 6.45) is -2.00. The number of aryl methyl sites for hydroxylation is 1. The van der Waals surface area contributed by atoms with E-state index < -0.39 is 23.0 Å². The second-order valence-corrected chi connectivity index (χ2v) is 7.01. The maximum absolute atomic E-state index is 13.1. The Hall–Kier alpha value is -2.25. The summed E-state index contributed by atoms with van der Waals surface area (Å²) in [4.78, 5) is 4.41. The van der Waals surface area contributed by atoms with Gasteiger partial charge in [-0.2, -0.15) is 13.2 Å². The highest BCUT2D eigenvalue weighted by Gasteiger charge is 2.35. The third-order valence-corrected chi connectivity index (χ3v) is 4.66. The van der Waals surface area contributed by atoms with Crippen molar-refractivity contribution in [2.24, 2.45) is 0 Å². The van der Waals surface area contributed by atoms with Crippen LogP contribution in [0.15, 0.2) is 59.6 Å². The van der Waals surface area contributed by atoms with Gasteiger partial charge in [-0.1, -0.05) is 23.8 Å².